The van der Waals surface area contributed by atoms with E-state index in [1.807, 2.05) is 4.90 Å². The fraction of sp³-hybridized carbons (Fsp3) is 0.667. The number of aromatic nitrogens is 2. The molecule has 136 valence electrons. The molecule has 1 aromatic rings. The highest BCUT2D eigenvalue weighted by atomic mass is 16.2. The molecule has 7 nitrogen and oxygen atoms in total. The molecule has 7 heteroatoms. The average Bonchev–Trinajstić information content (AvgIpc) is 3.48. The number of nitrogens with one attached hydrogen (secondary N) is 1. The molecule has 0 radical (unpaired) electrons. The zero-order valence-corrected chi connectivity index (χ0v) is 14.9. The Morgan fingerprint density at radius 3 is 2.52 bits per heavy atom. The first-order chi connectivity index (χ1) is 12.1. The Morgan fingerprint density at radius 2 is 1.88 bits per heavy atom. The summed E-state index contributed by atoms with van der Waals surface area (Å²) < 4.78 is 0. The van der Waals surface area contributed by atoms with Crippen molar-refractivity contribution in [3.63, 3.8) is 0 Å². The minimum Gasteiger partial charge on any atom is -0.356 e. The first-order valence-corrected chi connectivity index (χ1v) is 9.20. The van der Waals surface area contributed by atoms with Crippen LogP contribution in [0.5, 0.6) is 0 Å². The van der Waals surface area contributed by atoms with Gasteiger partial charge in [0, 0.05) is 58.0 Å². The Labute approximate surface area is 148 Å². The molecule has 1 N–H and O–H groups in total. The summed E-state index contributed by atoms with van der Waals surface area (Å²) in [6.45, 7) is 5.38. The second kappa shape index (κ2) is 8.27. The van der Waals surface area contributed by atoms with E-state index in [1.165, 1.54) is 12.8 Å². The monoisotopic (exact) mass is 345 g/mol. The van der Waals surface area contributed by atoms with Crippen LogP contribution < -0.4 is 10.2 Å². The van der Waals surface area contributed by atoms with E-state index < -0.39 is 0 Å². The predicted octanol–water partition coefficient (Wildman–Crippen LogP) is 1.07. The van der Waals surface area contributed by atoms with Crippen LogP contribution in [-0.4, -0.2) is 59.4 Å². The van der Waals surface area contributed by atoms with E-state index in [2.05, 4.69) is 27.1 Å². The maximum Gasteiger partial charge on any atom is 0.225 e. The molecular weight excluding hydrogens is 318 g/mol. The van der Waals surface area contributed by atoms with E-state index in [9.17, 15) is 9.59 Å². The number of amides is 2. The molecule has 3 rings (SSSR count). The average molecular weight is 345 g/mol. The lowest BCUT2D eigenvalue weighted by atomic mass is 10.0. The minimum atomic E-state index is 0.0678. The number of hydrogen-bond acceptors (Lipinski definition) is 5. The molecule has 1 saturated carbocycles. The first kappa shape index (κ1) is 17.6. The van der Waals surface area contributed by atoms with Crippen LogP contribution >= 0.6 is 0 Å². The van der Waals surface area contributed by atoms with Crippen molar-refractivity contribution in [2.45, 2.75) is 32.6 Å². The third kappa shape index (κ3) is 5.14. The van der Waals surface area contributed by atoms with Crippen molar-refractivity contribution in [2.24, 2.45) is 11.8 Å². The van der Waals surface area contributed by atoms with Gasteiger partial charge in [-0.3, -0.25) is 9.59 Å². The molecule has 2 aliphatic rings. The molecule has 0 aromatic carbocycles. The van der Waals surface area contributed by atoms with E-state index in [-0.39, 0.29) is 11.8 Å². The second-order valence-corrected chi connectivity index (χ2v) is 7.04. The summed E-state index contributed by atoms with van der Waals surface area (Å²) >= 11 is 0. The second-order valence-electron chi connectivity index (χ2n) is 7.04. The fourth-order valence-electron chi connectivity index (χ4n) is 3.27. The van der Waals surface area contributed by atoms with Crippen molar-refractivity contribution >= 4 is 17.8 Å². The molecule has 0 bridgehead atoms. The summed E-state index contributed by atoms with van der Waals surface area (Å²) in [7, 11) is 0. The normalized spacial score (nSPS) is 18.8. The number of piperazine rings is 1. The quantitative estimate of drug-likeness (QED) is 0.800. The number of anilines is 1. The van der Waals surface area contributed by atoms with Gasteiger partial charge in [-0.25, -0.2) is 9.97 Å². The molecule has 2 fully saturated rings. The van der Waals surface area contributed by atoms with E-state index in [4.69, 9.17) is 0 Å². The Balaban J connectivity index is 1.33. The maximum atomic E-state index is 12.3. The van der Waals surface area contributed by atoms with Crippen molar-refractivity contribution < 1.29 is 9.59 Å². The summed E-state index contributed by atoms with van der Waals surface area (Å²) in [6.07, 6.45) is 6.92. The maximum absolute atomic E-state index is 12.3. The summed E-state index contributed by atoms with van der Waals surface area (Å²) in [5.41, 5.74) is 0. The molecule has 2 heterocycles. The molecular formula is C18H27N5O2. The SMILES string of the molecule is C[C@@H](CC(=O)NCCC(=O)N1CCN(c2ncccn2)CC1)C1CC1. The van der Waals surface area contributed by atoms with Crippen molar-refractivity contribution in [1.82, 2.24) is 20.2 Å². The number of nitrogens with zero attached hydrogens (tertiary/aromatic N) is 4. The Bertz CT molecular complexity index is 582. The number of rotatable bonds is 7. The van der Waals surface area contributed by atoms with E-state index in [1.54, 1.807) is 18.5 Å². The van der Waals surface area contributed by atoms with Gasteiger partial charge in [0.2, 0.25) is 17.8 Å². The standard InChI is InChI=1S/C18H27N5O2/c1-14(15-3-4-15)13-16(24)19-8-5-17(25)22-9-11-23(12-10-22)18-20-6-2-7-21-18/h2,6-7,14-15H,3-5,8-13H2,1H3,(H,19,24)/t14-/m0/s1. The van der Waals surface area contributed by atoms with Gasteiger partial charge >= 0.3 is 0 Å². The lowest BCUT2D eigenvalue weighted by Gasteiger charge is -2.34. The van der Waals surface area contributed by atoms with Crippen molar-refractivity contribution in [3.05, 3.63) is 18.5 Å². The van der Waals surface area contributed by atoms with Gasteiger partial charge in [0.05, 0.1) is 0 Å². The zero-order chi connectivity index (χ0) is 17.6. The third-order valence-corrected chi connectivity index (χ3v) is 5.06. The molecule has 0 spiro atoms. The van der Waals surface area contributed by atoms with Crippen molar-refractivity contribution in [2.75, 3.05) is 37.6 Å². The van der Waals surface area contributed by atoms with Gasteiger partial charge in [0.25, 0.3) is 0 Å². The van der Waals surface area contributed by atoms with Crippen LogP contribution in [0.4, 0.5) is 5.95 Å². The molecule has 1 aliphatic heterocycles. The highest BCUT2D eigenvalue weighted by Gasteiger charge is 2.29. The summed E-state index contributed by atoms with van der Waals surface area (Å²) in [6, 6.07) is 1.79. The van der Waals surface area contributed by atoms with Crippen LogP contribution in [-0.2, 0) is 9.59 Å². The summed E-state index contributed by atoms with van der Waals surface area (Å²) in [4.78, 5) is 36.6. The number of carbonyl (C=O) groups excluding carboxylic acids is 2. The molecule has 0 unspecified atom stereocenters. The van der Waals surface area contributed by atoms with Gasteiger partial charge in [-0.2, -0.15) is 0 Å². The van der Waals surface area contributed by atoms with Gasteiger partial charge in [0.15, 0.2) is 0 Å². The van der Waals surface area contributed by atoms with Crippen molar-refractivity contribution in [3.8, 4) is 0 Å². The van der Waals surface area contributed by atoms with Gasteiger partial charge in [-0.1, -0.05) is 6.92 Å². The van der Waals surface area contributed by atoms with Crippen LogP contribution in [0.25, 0.3) is 0 Å². The molecule has 1 aliphatic carbocycles. The first-order valence-electron chi connectivity index (χ1n) is 9.20. The molecule has 25 heavy (non-hydrogen) atoms. The van der Waals surface area contributed by atoms with Crippen LogP contribution in [0.15, 0.2) is 18.5 Å². The number of carbonyl (C=O) groups is 2. The largest absolute Gasteiger partial charge is 0.356 e. The molecule has 2 amide bonds. The smallest absolute Gasteiger partial charge is 0.225 e. The summed E-state index contributed by atoms with van der Waals surface area (Å²) in [5.74, 6) is 2.08. The van der Waals surface area contributed by atoms with E-state index in [0.717, 1.165) is 19.0 Å². The fourth-order valence-corrected chi connectivity index (χ4v) is 3.27. The van der Waals surface area contributed by atoms with Gasteiger partial charge in [-0.15, -0.1) is 0 Å². The van der Waals surface area contributed by atoms with Crippen molar-refractivity contribution in [1.29, 1.82) is 0 Å². The number of hydrogen-bond donors (Lipinski definition) is 1. The van der Waals surface area contributed by atoms with Gasteiger partial charge < -0.3 is 15.1 Å². The van der Waals surface area contributed by atoms with Gasteiger partial charge in [-0.05, 0) is 30.7 Å². The van der Waals surface area contributed by atoms with Crippen LogP contribution in [0, 0.1) is 11.8 Å². The van der Waals surface area contributed by atoms with Crippen LogP contribution in [0.1, 0.15) is 32.6 Å². The lowest BCUT2D eigenvalue weighted by Crippen LogP contribution is -2.49. The van der Waals surface area contributed by atoms with E-state index in [0.29, 0.717) is 44.3 Å². The predicted molar refractivity (Wildman–Crippen MR) is 95.0 cm³/mol. The minimum absolute atomic E-state index is 0.0678. The molecule has 1 aromatic heterocycles. The highest BCUT2D eigenvalue weighted by molar-refractivity contribution is 5.79. The lowest BCUT2D eigenvalue weighted by molar-refractivity contribution is -0.131. The Kier molecular flexibility index (Phi) is 5.83. The van der Waals surface area contributed by atoms with E-state index >= 15 is 0 Å². The Hall–Kier alpha value is -2.18. The summed E-state index contributed by atoms with van der Waals surface area (Å²) in [5, 5.41) is 2.88. The molecule has 1 saturated heterocycles. The van der Waals surface area contributed by atoms with Crippen LogP contribution in [0.3, 0.4) is 0 Å². The third-order valence-electron chi connectivity index (χ3n) is 5.06. The highest BCUT2D eigenvalue weighted by Crippen LogP contribution is 2.37. The van der Waals surface area contributed by atoms with Gasteiger partial charge in [0.1, 0.15) is 0 Å². The molecule has 1 atom stereocenters. The Morgan fingerprint density at radius 1 is 1.20 bits per heavy atom. The zero-order valence-electron chi connectivity index (χ0n) is 14.9. The topological polar surface area (TPSA) is 78.4 Å². The van der Waals surface area contributed by atoms with Crippen LogP contribution in [0.2, 0.25) is 0 Å².